The lowest BCUT2D eigenvalue weighted by atomic mass is 9.99. The average Bonchev–Trinajstić information content (AvgIpc) is 2.85. The number of ether oxygens (including phenoxy) is 1. The number of nitrogens with zero attached hydrogens (tertiary/aromatic N) is 2. The van der Waals surface area contributed by atoms with Gasteiger partial charge in [-0.15, -0.1) is 11.3 Å². The number of aryl methyl sites for hydroxylation is 2. The van der Waals surface area contributed by atoms with Crippen molar-refractivity contribution in [3.8, 4) is 0 Å². The third-order valence-corrected chi connectivity index (χ3v) is 5.42. The van der Waals surface area contributed by atoms with Gasteiger partial charge in [-0.1, -0.05) is 0 Å². The van der Waals surface area contributed by atoms with Gasteiger partial charge in [-0.2, -0.15) is 0 Å². The summed E-state index contributed by atoms with van der Waals surface area (Å²) in [6, 6.07) is 0.719. The highest BCUT2D eigenvalue weighted by Crippen LogP contribution is 2.38. The van der Waals surface area contributed by atoms with E-state index in [1.165, 1.54) is 11.3 Å². The number of carbonyl (C=O) groups is 1. The van der Waals surface area contributed by atoms with Crippen LogP contribution in [0.1, 0.15) is 46.1 Å². The topological polar surface area (TPSA) is 42.4 Å². The quantitative estimate of drug-likeness (QED) is 0.836. The van der Waals surface area contributed by atoms with Crippen LogP contribution in [-0.4, -0.2) is 41.1 Å². The van der Waals surface area contributed by atoms with Gasteiger partial charge in [0, 0.05) is 19.2 Å². The minimum atomic E-state index is 0.185. The SMILES string of the molecule is COC1CC2CCC(C1)N2C(=O)c1sc(C)nc1C. The van der Waals surface area contributed by atoms with E-state index in [1.54, 1.807) is 7.11 Å². The number of carbonyl (C=O) groups excluding carboxylic acids is 1. The van der Waals surface area contributed by atoms with Crippen molar-refractivity contribution in [2.24, 2.45) is 0 Å². The standard InChI is InChI=1S/C14H20N2O2S/c1-8-13(19-9(2)15-8)14(17)16-10-4-5-11(16)7-12(6-10)18-3/h10-12H,4-7H2,1-3H3. The van der Waals surface area contributed by atoms with Crippen molar-refractivity contribution >= 4 is 17.2 Å². The molecule has 2 aliphatic rings. The van der Waals surface area contributed by atoms with E-state index in [2.05, 4.69) is 9.88 Å². The Labute approximate surface area is 117 Å². The second-order valence-electron chi connectivity index (χ2n) is 5.57. The number of thiazole rings is 1. The molecule has 104 valence electrons. The van der Waals surface area contributed by atoms with Gasteiger partial charge >= 0.3 is 0 Å². The van der Waals surface area contributed by atoms with E-state index in [0.717, 1.165) is 41.3 Å². The molecule has 2 bridgehead atoms. The molecule has 19 heavy (non-hydrogen) atoms. The van der Waals surface area contributed by atoms with Crippen molar-refractivity contribution in [2.45, 2.75) is 57.7 Å². The van der Waals surface area contributed by atoms with Crippen LogP contribution in [0, 0.1) is 13.8 Å². The minimum Gasteiger partial charge on any atom is -0.381 e. The van der Waals surface area contributed by atoms with E-state index in [9.17, 15) is 4.79 Å². The Morgan fingerprint density at radius 3 is 2.42 bits per heavy atom. The fraction of sp³-hybridized carbons (Fsp3) is 0.714. The first kappa shape index (κ1) is 13.1. The average molecular weight is 280 g/mol. The Balaban J connectivity index is 1.84. The van der Waals surface area contributed by atoms with Crippen LogP contribution in [0.5, 0.6) is 0 Å². The van der Waals surface area contributed by atoms with E-state index >= 15 is 0 Å². The van der Waals surface area contributed by atoms with Crippen LogP contribution in [0.15, 0.2) is 0 Å². The number of aromatic nitrogens is 1. The van der Waals surface area contributed by atoms with Crippen LogP contribution in [0.4, 0.5) is 0 Å². The van der Waals surface area contributed by atoms with Gasteiger partial charge in [0.05, 0.1) is 16.8 Å². The molecule has 1 aromatic rings. The van der Waals surface area contributed by atoms with E-state index in [1.807, 2.05) is 13.8 Å². The van der Waals surface area contributed by atoms with Crippen LogP contribution in [-0.2, 0) is 4.74 Å². The molecule has 0 aliphatic carbocycles. The summed E-state index contributed by atoms with van der Waals surface area (Å²) in [5.41, 5.74) is 0.876. The lowest BCUT2D eigenvalue weighted by molar-refractivity contribution is 0.00842. The van der Waals surface area contributed by atoms with E-state index in [-0.39, 0.29) is 5.91 Å². The predicted octanol–water partition coefficient (Wildman–Crippen LogP) is 2.54. The Bertz CT molecular complexity index is 486. The van der Waals surface area contributed by atoms with Gasteiger partial charge in [-0.05, 0) is 39.5 Å². The number of hydrogen-bond donors (Lipinski definition) is 0. The number of fused-ring (bicyclic) bond motifs is 2. The molecule has 4 nitrogen and oxygen atoms in total. The summed E-state index contributed by atoms with van der Waals surface area (Å²) in [5.74, 6) is 0.185. The fourth-order valence-electron chi connectivity index (χ4n) is 3.50. The third kappa shape index (κ3) is 2.19. The largest absolute Gasteiger partial charge is 0.381 e. The molecule has 2 aliphatic heterocycles. The zero-order valence-electron chi connectivity index (χ0n) is 11.7. The maximum Gasteiger partial charge on any atom is 0.266 e. The van der Waals surface area contributed by atoms with Gasteiger partial charge in [-0.3, -0.25) is 4.79 Å². The van der Waals surface area contributed by atoms with E-state index in [4.69, 9.17) is 4.74 Å². The molecule has 3 rings (SSSR count). The van der Waals surface area contributed by atoms with Crippen LogP contribution in [0.25, 0.3) is 0 Å². The summed E-state index contributed by atoms with van der Waals surface area (Å²) in [4.78, 5) is 20.1. The van der Waals surface area contributed by atoms with Gasteiger partial charge < -0.3 is 9.64 Å². The highest BCUT2D eigenvalue weighted by molar-refractivity contribution is 7.13. The number of hydrogen-bond acceptors (Lipinski definition) is 4. The number of piperidine rings is 1. The van der Waals surface area contributed by atoms with Crippen LogP contribution in [0.3, 0.4) is 0 Å². The van der Waals surface area contributed by atoms with Crippen molar-refractivity contribution in [2.75, 3.05) is 7.11 Å². The highest BCUT2D eigenvalue weighted by Gasteiger charge is 2.44. The molecule has 5 heteroatoms. The Morgan fingerprint density at radius 2 is 1.95 bits per heavy atom. The zero-order valence-corrected chi connectivity index (χ0v) is 12.5. The molecule has 2 saturated heterocycles. The molecule has 1 amide bonds. The first-order valence-corrected chi connectivity index (χ1v) is 7.71. The maximum atomic E-state index is 12.7. The second kappa shape index (κ2) is 4.87. The van der Waals surface area contributed by atoms with E-state index in [0.29, 0.717) is 18.2 Å². The lowest BCUT2D eigenvalue weighted by Gasteiger charge is -2.38. The van der Waals surface area contributed by atoms with Crippen molar-refractivity contribution in [1.82, 2.24) is 9.88 Å². The van der Waals surface area contributed by atoms with Crippen LogP contribution >= 0.6 is 11.3 Å². The molecule has 2 atom stereocenters. The summed E-state index contributed by atoms with van der Waals surface area (Å²) in [6.45, 7) is 3.89. The van der Waals surface area contributed by atoms with Crippen molar-refractivity contribution in [1.29, 1.82) is 0 Å². The van der Waals surface area contributed by atoms with Gasteiger partial charge in [-0.25, -0.2) is 4.98 Å². The first-order valence-electron chi connectivity index (χ1n) is 6.89. The molecule has 0 N–H and O–H groups in total. The second-order valence-corrected chi connectivity index (χ2v) is 6.78. The van der Waals surface area contributed by atoms with Crippen molar-refractivity contribution in [3.63, 3.8) is 0 Å². The van der Waals surface area contributed by atoms with Crippen LogP contribution in [0.2, 0.25) is 0 Å². The Morgan fingerprint density at radius 1 is 1.32 bits per heavy atom. The Kier molecular flexibility index (Phi) is 3.35. The smallest absolute Gasteiger partial charge is 0.266 e. The zero-order chi connectivity index (χ0) is 13.6. The summed E-state index contributed by atoms with van der Waals surface area (Å²) < 4.78 is 5.49. The normalized spacial score (nSPS) is 29.8. The molecular formula is C14H20N2O2S. The maximum absolute atomic E-state index is 12.7. The van der Waals surface area contributed by atoms with E-state index < -0.39 is 0 Å². The molecule has 0 aromatic carbocycles. The number of rotatable bonds is 2. The summed E-state index contributed by atoms with van der Waals surface area (Å²) in [6.07, 6.45) is 4.52. The Hall–Kier alpha value is -0.940. The van der Waals surface area contributed by atoms with Crippen molar-refractivity contribution < 1.29 is 9.53 Å². The lowest BCUT2D eigenvalue weighted by Crippen LogP contribution is -2.48. The molecule has 2 unspecified atom stereocenters. The molecule has 0 radical (unpaired) electrons. The number of amides is 1. The number of methoxy groups -OCH3 is 1. The molecule has 1 aromatic heterocycles. The molecule has 0 spiro atoms. The predicted molar refractivity (Wildman–Crippen MR) is 74.6 cm³/mol. The summed E-state index contributed by atoms with van der Waals surface area (Å²) in [7, 11) is 1.78. The van der Waals surface area contributed by atoms with Gasteiger partial charge in [0.1, 0.15) is 4.88 Å². The van der Waals surface area contributed by atoms with Gasteiger partial charge in [0.15, 0.2) is 0 Å². The monoisotopic (exact) mass is 280 g/mol. The molecule has 2 fully saturated rings. The molecular weight excluding hydrogens is 260 g/mol. The van der Waals surface area contributed by atoms with Crippen LogP contribution < -0.4 is 0 Å². The van der Waals surface area contributed by atoms with Gasteiger partial charge in [0.2, 0.25) is 0 Å². The summed E-state index contributed by atoms with van der Waals surface area (Å²) >= 11 is 1.52. The minimum absolute atomic E-state index is 0.185. The highest BCUT2D eigenvalue weighted by atomic mass is 32.1. The fourth-order valence-corrected chi connectivity index (χ4v) is 4.36. The first-order chi connectivity index (χ1) is 9.10. The third-order valence-electron chi connectivity index (χ3n) is 4.36. The summed E-state index contributed by atoms with van der Waals surface area (Å²) in [5, 5.41) is 0.972. The van der Waals surface area contributed by atoms with Gasteiger partial charge in [0.25, 0.3) is 5.91 Å². The molecule has 3 heterocycles. The molecule has 0 saturated carbocycles. The van der Waals surface area contributed by atoms with Crippen molar-refractivity contribution in [3.05, 3.63) is 15.6 Å².